The fourth-order valence-corrected chi connectivity index (χ4v) is 4.05. The fourth-order valence-electron chi connectivity index (χ4n) is 3.69. The van der Waals surface area contributed by atoms with Crippen LogP contribution in [0.1, 0.15) is 29.6 Å². The zero-order valence-corrected chi connectivity index (χ0v) is 18.5. The van der Waals surface area contributed by atoms with Crippen LogP contribution >= 0.6 is 12.6 Å². The Labute approximate surface area is 192 Å². The molecule has 170 valence electrons. The summed E-state index contributed by atoms with van der Waals surface area (Å²) in [7, 11) is 0. The molecule has 0 radical (unpaired) electrons. The van der Waals surface area contributed by atoms with Crippen molar-refractivity contribution in [3.05, 3.63) is 54.1 Å². The molecule has 1 saturated heterocycles. The number of benzene rings is 2. The molecule has 0 saturated carbocycles. The number of carboxylic acids is 1. The van der Waals surface area contributed by atoms with E-state index in [0.717, 1.165) is 24.2 Å². The fraction of sp³-hybridized carbons (Fsp3) is 0.348. The number of aliphatic carboxylic acids is 1. The summed E-state index contributed by atoms with van der Waals surface area (Å²) >= 11 is 4.49. The van der Waals surface area contributed by atoms with Crippen molar-refractivity contribution in [3.63, 3.8) is 0 Å². The van der Waals surface area contributed by atoms with Crippen LogP contribution in [0.2, 0.25) is 0 Å². The number of carboxylic acid groups (broad SMARTS) is 1. The number of thiol groups is 1. The summed E-state index contributed by atoms with van der Waals surface area (Å²) < 4.78 is 0. The minimum atomic E-state index is -1.22. The van der Waals surface area contributed by atoms with Gasteiger partial charge in [0.05, 0.1) is 0 Å². The molecule has 1 unspecified atom stereocenters. The van der Waals surface area contributed by atoms with Crippen molar-refractivity contribution >= 4 is 36.1 Å². The largest absolute Gasteiger partial charge is 0.480 e. The highest BCUT2D eigenvalue weighted by atomic mass is 32.1. The molecule has 0 bridgehead atoms. The normalized spacial score (nSPS) is 18.7. The Morgan fingerprint density at radius 1 is 1.19 bits per heavy atom. The lowest BCUT2D eigenvalue weighted by molar-refractivity contribution is -0.139. The number of carbonyl (C=O) groups is 3. The summed E-state index contributed by atoms with van der Waals surface area (Å²) in [5, 5.41) is 19.1. The van der Waals surface area contributed by atoms with Crippen molar-refractivity contribution in [3.8, 4) is 11.1 Å². The molecule has 2 aromatic rings. The summed E-state index contributed by atoms with van der Waals surface area (Å²) in [5.41, 5.74) is 7.75. The maximum Gasteiger partial charge on any atom is 0.326 e. The van der Waals surface area contributed by atoms with Gasteiger partial charge in [0.2, 0.25) is 5.91 Å². The third-order valence-corrected chi connectivity index (χ3v) is 5.78. The number of hydrogen-bond donors (Lipinski definition) is 6. The molecule has 1 aliphatic heterocycles. The first kappa shape index (κ1) is 23.6. The van der Waals surface area contributed by atoms with Gasteiger partial charge < -0.3 is 26.8 Å². The molecule has 1 aliphatic rings. The smallest absolute Gasteiger partial charge is 0.326 e. The van der Waals surface area contributed by atoms with Crippen molar-refractivity contribution < 1.29 is 19.5 Å². The number of amides is 2. The SMILES string of the molecule is NC(=O)CCC(NC(=O)c1cc(NC[C@@H]2C[C@H](S)CN2)ccc1-c1ccccc1)C(=O)O. The maximum absolute atomic E-state index is 13.1. The Hall–Kier alpha value is -3.04. The van der Waals surface area contributed by atoms with Crippen LogP contribution in [0.5, 0.6) is 0 Å². The second-order valence-corrected chi connectivity index (χ2v) is 8.60. The van der Waals surface area contributed by atoms with E-state index in [4.69, 9.17) is 5.73 Å². The van der Waals surface area contributed by atoms with Crippen LogP contribution < -0.4 is 21.7 Å². The molecule has 8 nitrogen and oxygen atoms in total. The highest BCUT2D eigenvalue weighted by molar-refractivity contribution is 7.81. The average Bonchev–Trinajstić information content (AvgIpc) is 3.20. The van der Waals surface area contributed by atoms with Gasteiger partial charge >= 0.3 is 5.97 Å². The molecule has 0 spiro atoms. The van der Waals surface area contributed by atoms with Crippen molar-refractivity contribution in [1.29, 1.82) is 0 Å². The van der Waals surface area contributed by atoms with Gasteiger partial charge in [-0.15, -0.1) is 0 Å². The third-order valence-electron chi connectivity index (χ3n) is 5.38. The van der Waals surface area contributed by atoms with E-state index in [1.807, 2.05) is 42.5 Å². The zero-order valence-electron chi connectivity index (χ0n) is 17.6. The van der Waals surface area contributed by atoms with Crippen LogP contribution in [0.15, 0.2) is 48.5 Å². The quantitative estimate of drug-likeness (QED) is 0.302. The predicted octanol–water partition coefficient (Wildman–Crippen LogP) is 1.87. The molecule has 0 aromatic heterocycles. The van der Waals surface area contributed by atoms with Crippen molar-refractivity contribution in [2.45, 2.75) is 36.6 Å². The molecule has 2 amide bonds. The van der Waals surface area contributed by atoms with E-state index in [2.05, 4.69) is 28.6 Å². The van der Waals surface area contributed by atoms with Gasteiger partial charge in [-0.05, 0) is 36.1 Å². The summed E-state index contributed by atoms with van der Waals surface area (Å²) in [4.78, 5) is 35.8. The standard InChI is InChI=1S/C23H28N4O4S/c24-21(28)9-8-20(23(30)31)27-22(29)19-11-15(25-12-16-10-17(32)13-26-16)6-7-18(19)14-4-2-1-3-5-14/h1-7,11,16-17,20,25-26,32H,8-10,12-13H2,(H2,24,28)(H,27,29)(H,30,31)/t16-,17-,20?/m0/s1. The van der Waals surface area contributed by atoms with Gasteiger partial charge in [0.15, 0.2) is 0 Å². The number of hydrogen-bond acceptors (Lipinski definition) is 6. The number of primary amides is 1. The molecular formula is C23H28N4O4S. The Balaban J connectivity index is 1.83. The molecule has 3 rings (SSSR count). The van der Waals surface area contributed by atoms with E-state index in [0.29, 0.717) is 22.9 Å². The lowest BCUT2D eigenvalue weighted by Gasteiger charge is -2.18. The maximum atomic E-state index is 13.1. The average molecular weight is 457 g/mol. The highest BCUT2D eigenvalue weighted by Gasteiger charge is 2.24. The monoisotopic (exact) mass is 456 g/mol. The van der Waals surface area contributed by atoms with Crippen LogP contribution in [-0.4, -0.2) is 53.3 Å². The van der Waals surface area contributed by atoms with Crippen LogP contribution in [0.4, 0.5) is 5.69 Å². The van der Waals surface area contributed by atoms with E-state index < -0.39 is 23.8 Å². The Kier molecular flexibility index (Phi) is 8.13. The Morgan fingerprint density at radius 3 is 2.56 bits per heavy atom. The number of carbonyl (C=O) groups excluding carboxylic acids is 2. The third kappa shape index (κ3) is 6.48. The molecule has 2 aromatic carbocycles. The van der Waals surface area contributed by atoms with Gasteiger partial charge in [0, 0.05) is 42.1 Å². The summed E-state index contributed by atoms with van der Waals surface area (Å²) in [6.07, 6.45) is 0.740. The lowest BCUT2D eigenvalue weighted by atomic mass is 9.98. The number of nitrogens with one attached hydrogen (secondary N) is 3. The van der Waals surface area contributed by atoms with Gasteiger partial charge in [-0.3, -0.25) is 9.59 Å². The number of rotatable bonds is 10. The van der Waals surface area contributed by atoms with Crippen molar-refractivity contribution in [2.75, 3.05) is 18.4 Å². The van der Waals surface area contributed by atoms with Crippen LogP contribution in [0.25, 0.3) is 11.1 Å². The molecule has 0 aliphatic carbocycles. The van der Waals surface area contributed by atoms with E-state index in [-0.39, 0.29) is 18.9 Å². The second-order valence-electron chi connectivity index (χ2n) is 7.87. The predicted molar refractivity (Wildman–Crippen MR) is 127 cm³/mol. The van der Waals surface area contributed by atoms with Crippen molar-refractivity contribution in [2.24, 2.45) is 5.73 Å². The summed E-state index contributed by atoms with van der Waals surface area (Å²) in [6.45, 7) is 1.54. The summed E-state index contributed by atoms with van der Waals surface area (Å²) in [5.74, 6) is -2.37. The molecule has 1 heterocycles. The van der Waals surface area contributed by atoms with E-state index in [1.165, 1.54) is 0 Å². The molecule has 1 fully saturated rings. The number of nitrogens with two attached hydrogens (primary N) is 1. The molecule has 6 N–H and O–H groups in total. The number of anilines is 1. The van der Waals surface area contributed by atoms with Gasteiger partial charge in [-0.2, -0.15) is 12.6 Å². The highest BCUT2D eigenvalue weighted by Crippen LogP contribution is 2.27. The summed E-state index contributed by atoms with van der Waals surface area (Å²) in [6, 6.07) is 13.9. The minimum Gasteiger partial charge on any atom is -0.480 e. The van der Waals surface area contributed by atoms with Gasteiger partial charge in [0.25, 0.3) is 5.91 Å². The molecule has 32 heavy (non-hydrogen) atoms. The molecular weight excluding hydrogens is 428 g/mol. The van der Waals surface area contributed by atoms with E-state index in [1.54, 1.807) is 6.07 Å². The molecule has 3 atom stereocenters. The van der Waals surface area contributed by atoms with Crippen molar-refractivity contribution in [1.82, 2.24) is 10.6 Å². The van der Waals surface area contributed by atoms with Gasteiger partial charge in [-0.1, -0.05) is 36.4 Å². The first-order chi connectivity index (χ1) is 15.3. The second kappa shape index (κ2) is 11.0. The van der Waals surface area contributed by atoms with E-state index >= 15 is 0 Å². The van der Waals surface area contributed by atoms with Crippen LogP contribution in [-0.2, 0) is 9.59 Å². The van der Waals surface area contributed by atoms with Gasteiger partial charge in [-0.25, -0.2) is 4.79 Å². The first-order valence-electron chi connectivity index (χ1n) is 10.5. The van der Waals surface area contributed by atoms with E-state index in [9.17, 15) is 19.5 Å². The Bertz CT molecular complexity index is 970. The first-order valence-corrected chi connectivity index (χ1v) is 11.0. The van der Waals surface area contributed by atoms with Crippen LogP contribution in [0, 0.1) is 0 Å². The van der Waals surface area contributed by atoms with Gasteiger partial charge in [0.1, 0.15) is 6.04 Å². The van der Waals surface area contributed by atoms with Crippen LogP contribution in [0.3, 0.4) is 0 Å². The topological polar surface area (TPSA) is 134 Å². The minimum absolute atomic E-state index is 0.0761. The lowest BCUT2D eigenvalue weighted by Crippen LogP contribution is -2.41. The Morgan fingerprint density at radius 2 is 1.94 bits per heavy atom. The molecule has 9 heteroatoms. The zero-order chi connectivity index (χ0) is 23.1.